The highest BCUT2D eigenvalue weighted by Crippen LogP contribution is 2.30. The van der Waals surface area contributed by atoms with E-state index >= 15 is 0 Å². The number of primary amides is 1. The molecule has 0 spiro atoms. The van der Waals surface area contributed by atoms with Crippen molar-refractivity contribution in [3.63, 3.8) is 0 Å². The zero-order valence-corrected chi connectivity index (χ0v) is 20.1. The fourth-order valence-electron chi connectivity index (χ4n) is 4.99. The quantitative estimate of drug-likeness (QED) is 0.542. The second-order valence-corrected chi connectivity index (χ2v) is 9.19. The Morgan fingerprint density at radius 3 is 2.28 bits per heavy atom. The van der Waals surface area contributed by atoms with E-state index < -0.39 is 18.0 Å². The summed E-state index contributed by atoms with van der Waals surface area (Å²) in [5.74, 6) is -1.39. The van der Waals surface area contributed by atoms with E-state index in [1.165, 1.54) is 24.3 Å². The second-order valence-electron chi connectivity index (χ2n) is 9.19. The van der Waals surface area contributed by atoms with Crippen LogP contribution in [0.3, 0.4) is 0 Å². The van der Waals surface area contributed by atoms with Crippen LogP contribution in [0.1, 0.15) is 37.3 Å². The molecule has 3 amide bonds. The van der Waals surface area contributed by atoms with Gasteiger partial charge >= 0.3 is 6.09 Å². The molecule has 1 heterocycles. The second kappa shape index (κ2) is 12.0. The standard InChI is InChI=1S/C26H32FN5O4/c27-19-10-12-20(13-11-19)29-26(35)36-32-16-14-31(15-17-32)22-9-5-4-8-21(22)25(34)30-23(24(28)33)18-6-2-1-3-7-18/h1-3,6-7,10-13,21-23H,4-5,8-9,14-17H2,(H2,28,33)(H,29,35)(H,30,34)/t21?,22?,23-/m1/s1. The third kappa shape index (κ3) is 6.58. The van der Waals surface area contributed by atoms with Gasteiger partial charge in [-0.1, -0.05) is 43.2 Å². The minimum atomic E-state index is -0.869. The predicted molar refractivity (Wildman–Crippen MR) is 132 cm³/mol. The molecule has 0 radical (unpaired) electrons. The largest absolute Gasteiger partial charge is 0.430 e. The van der Waals surface area contributed by atoms with Crippen molar-refractivity contribution < 1.29 is 23.6 Å². The third-order valence-corrected chi connectivity index (χ3v) is 6.82. The Hall–Kier alpha value is -3.50. The van der Waals surface area contributed by atoms with Crippen molar-refractivity contribution in [2.45, 2.75) is 37.8 Å². The van der Waals surface area contributed by atoms with Gasteiger partial charge in [0.1, 0.15) is 11.9 Å². The van der Waals surface area contributed by atoms with Crippen LogP contribution in [-0.4, -0.2) is 60.1 Å². The van der Waals surface area contributed by atoms with Gasteiger partial charge in [0, 0.05) is 37.9 Å². The highest BCUT2D eigenvalue weighted by atomic mass is 19.1. The first kappa shape index (κ1) is 25.6. The topological polar surface area (TPSA) is 117 Å². The summed E-state index contributed by atoms with van der Waals surface area (Å²) in [5, 5.41) is 7.05. The van der Waals surface area contributed by atoms with E-state index in [2.05, 4.69) is 15.5 Å². The minimum absolute atomic E-state index is 0.0400. The van der Waals surface area contributed by atoms with Gasteiger partial charge in [0.25, 0.3) is 0 Å². The number of hydrogen-bond donors (Lipinski definition) is 3. The van der Waals surface area contributed by atoms with Crippen molar-refractivity contribution in [1.29, 1.82) is 0 Å². The van der Waals surface area contributed by atoms with Crippen LogP contribution in [0.5, 0.6) is 0 Å². The molecule has 1 saturated heterocycles. The lowest BCUT2D eigenvalue weighted by atomic mass is 9.82. The van der Waals surface area contributed by atoms with E-state index in [1.807, 2.05) is 18.2 Å². The van der Waals surface area contributed by atoms with Crippen LogP contribution in [0.15, 0.2) is 54.6 Å². The Morgan fingerprint density at radius 1 is 0.944 bits per heavy atom. The normalized spacial score (nSPS) is 21.8. The van der Waals surface area contributed by atoms with Gasteiger partial charge in [-0.15, -0.1) is 5.06 Å². The van der Waals surface area contributed by atoms with Gasteiger partial charge in [0.05, 0.1) is 5.92 Å². The number of amides is 3. The van der Waals surface area contributed by atoms with E-state index in [1.54, 1.807) is 17.2 Å². The predicted octanol–water partition coefficient (Wildman–Crippen LogP) is 2.81. The first-order valence-electron chi connectivity index (χ1n) is 12.3. The average Bonchev–Trinajstić information content (AvgIpc) is 2.89. The third-order valence-electron chi connectivity index (χ3n) is 6.82. The SMILES string of the molecule is NC(=O)[C@H](NC(=O)C1CCCCC1N1CCN(OC(=O)Nc2ccc(F)cc2)CC1)c1ccccc1. The molecular formula is C26H32FN5O4. The monoisotopic (exact) mass is 497 g/mol. The van der Waals surface area contributed by atoms with E-state index in [0.29, 0.717) is 37.4 Å². The molecule has 1 aliphatic carbocycles. The molecule has 2 aromatic carbocycles. The molecule has 2 fully saturated rings. The summed E-state index contributed by atoms with van der Waals surface area (Å²) >= 11 is 0. The average molecular weight is 498 g/mol. The molecule has 0 aromatic heterocycles. The summed E-state index contributed by atoms with van der Waals surface area (Å²) in [4.78, 5) is 45.2. The Kier molecular flexibility index (Phi) is 8.50. The minimum Gasteiger partial charge on any atom is -0.368 e. The van der Waals surface area contributed by atoms with Crippen molar-refractivity contribution in [3.8, 4) is 0 Å². The molecule has 3 atom stereocenters. The Balaban J connectivity index is 1.31. The van der Waals surface area contributed by atoms with Gasteiger partial charge in [-0.05, 0) is 42.7 Å². The first-order chi connectivity index (χ1) is 17.4. The van der Waals surface area contributed by atoms with Crippen molar-refractivity contribution >= 4 is 23.6 Å². The van der Waals surface area contributed by atoms with Crippen molar-refractivity contribution in [1.82, 2.24) is 15.3 Å². The molecule has 0 bridgehead atoms. The maximum Gasteiger partial charge on any atom is 0.430 e. The summed E-state index contributed by atoms with van der Waals surface area (Å²) in [6.45, 7) is 2.26. The summed E-state index contributed by atoms with van der Waals surface area (Å²) in [6.07, 6.45) is 2.98. The smallest absolute Gasteiger partial charge is 0.368 e. The Morgan fingerprint density at radius 2 is 1.61 bits per heavy atom. The number of nitrogens with zero attached hydrogens (tertiary/aromatic N) is 2. The van der Waals surface area contributed by atoms with Crippen LogP contribution in [0.4, 0.5) is 14.9 Å². The molecule has 192 valence electrons. The van der Waals surface area contributed by atoms with Gasteiger partial charge in [0.15, 0.2) is 0 Å². The highest BCUT2D eigenvalue weighted by Gasteiger charge is 2.37. The van der Waals surface area contributed by atoms with Crippen LogP contribution >= 0.6 is 0 Å². The summed E-state index contributed by atoms with van der Waals surface area (Å²) < 4.78 is 13.0. The van der Waals surface area contributed by atoms with Crippen molar-refractivity contribution in [3.05, 3.63) is 66.0 Å². The van der Waals surface area contributed by atoms with E-state index in [4.69, 9.17) is 10.6 Å². The fourth-order valence-corrected chi connectivity index (χ4v) is 4.99. The van der Waals surface area contributed by atoms with Gasteiger partial charge < -0.3 is 15.9 Å². The van der Waals surface area contributed by atoms with E-state index in [-0.39, 0.29) is 23.7 Å². The lowest BCUT2D eigenvalue weighted by Gasteiger charge is -2.43. The maximum absolute atomic E-state index is 13.3. The molecule has 1 aliphatic heterocycles. The Bertz CT molecular complexity index is 1040. The molecule has 2 aliphatic rings. The lowest BCUT2D eigenvalue weighted by Crippen LogP contribution is -2.56. The maximum atomic E-state index is 13.3. The molecule has 1 saturated carbocycles. The van der Waals surface area contributed by atoms with Gasteiger partial charge in [0.2, 0.25) is 11.8 Å². The number of nitrogens with two attached hydrogens (primary N) is 1. The number of piperazine rings is 1. The highest BCUT2D eigenvalue weighted by molar-refractivity contribution is 5.89. The van der Waals surface area contributed by atoms with E-state index in [0.717, 1.165) is 25.7 Å². The zero-order valence-electron chi connectivity index (χ0n) is 20.1. The lowest BCUT2D eigenvalue weighted by molar-refractivity contribution is -0.138. The summed E-state index contributed by atoms with van der Waals surface area (Å²) in [6, 6.07) is 13.6. The van der Waals surface area contributed by atoms with Crippen LogP contribution in [-0.2, 0) is 14.4 Å². The number of hydrogen-bond acceptors (Lipinski definition) is 6. The first-order valence-corrected chi connectivity index (χ1v) is 12.3. The molecule has 36 heavy (non-hydrogen) atoms. The number of hydroxylamine groups is 2. The van der Waals surface area contributed by atoms with Crippen molar-refractivity contribution in [2.75, 3.05) is 31.5 Å². The van der Waals surface area contributed by atoms with Crippen LogP contribution in [0.25, 0.3) is 0 Å². The van der Waals surface area contributed by atoms with Gasteiger partial charge in [-0.2, -0.15) is 0 Å². The van der Waals surface area contributed by atoms with Crippen molar-refractivity contribution in [2.24, 2.45) is 11.7 Å². The van der Waals surface area contributed by atoms with Crippen LogP contribution < -0.4 is 16.4 Å². The van der Waals surface area contributed by atoms with Gasteiger partial charge in [-0.3, -0.25) is 19.8 Å². The fraction of sp³-hybridized carbons (Fsp3) is 0.423. The van der Waals surface area contributed by atoms with Crippen LogP contribution in [0, 0.1) is 11.7 Å². The summed E-state index contributed by atoms with van der Waals surface area (Å²) in [5.41, 5.74) is 6.71. The summed E-state index contributed by atoms with van der Waals surface area (Å²) in [7, 11) is 0. The Labute approximate surface area is 209 Å². The molecule has 10 heteroatoms. The number of anilines is 1. The molecular weight excluding hydrogens is 465 g/mol. The van der Waals surface area contributed by atoms with Gasteiger partial charge in [-0.25, -0.2) is 9.18 Å². The zero-order chi connectivity index (χ0) is 25.5. The number of benzene rings is 2. The number of nitrogens with one attached hydrogen (secondary N) is 2. The van der Waals surface area contributed by atoms with E-state index in [9.17, 15) is 18.8 Å². The molecule has 2 unspecified atom stereocenters. The molecule has 2 aromatic rings. The molecule has 4 rings (SSSR count). The molecule has 4 N–H and O–H groups in total. The number of halogens is 1. The number of carbonyl (C=O) groups excluding carboxylic acids is 3. The van der Waals surface area contributed by atoms with Crippen LogP contribution in [0.2, 0.25) is 0 Å². The number of carbonyl (C=O) groups is 3. The number of rotatable bonds is 7. The molecule has 9 nitrogen and oxygen atoms in total.